The Hall–Kier alpha value is -1.08. The first kappa shape index (κ1) is 10.0. The van der Waals surface area contributed by atoms with Gasteiger partial charge in [-0.1, -0.05) is 6.07 Å². The van der Waals surface area contributed by atoms with E-state index in [1.54, 1.807) is 12.1 Å². The molecule has 0 atom stereocenters. The second-order valence-electron chi connectivity index (χ2n) is 2.39. The summed E-state index contributed by atoms with van der Waals surface area (Å²) in [6, 6.07) is 5.17. The van der Waals surface area contributed by atoms with E-state index in [1.807, 2.05) is 6.07 Å². The number of benzene rings is 1. The standard InChI is InChI=1S/C9H7BrFNO/c1-13-9-6(4-5-12)2-3-7(10)8(9)11/h2-3H,4H2,1H3. The zero-order valence-corrected chi connectivity index (χ0v) is 8.56. The van der Waals surface area contributed by atoms with Crippen molar-refractivity contribution in [1.29, 1.82) is 5.26 Å². The van der Waals surface area contributed by atoms with Crippen molar-refractivity contribution in [3.63, 3.8) is 0 Å². The third kappa shape index (κ3) is 1.99. The number of ether oxygens (including phenoxy) is 1. The Labute approximate surface area is 84.1 Å². The summed E-state index contributed by atoms with van der Waals surface area (Å²) < 4.78 is 18.5. The van der Waals surface area contributed by atoms with E-state index < -0.39 is 5.82 Å². The monoisotopic (exact) mass is 243 g/mol. The molecule has 0 aliphatic heterocycles. The topological polar surface area (TPSA) is 33.0 Å². The van der Waals surface area contributed by atoms with Crippen molar-refractivity contribution in [3.05, 3.63) is 28.0 Å². The second kappa shape index (κ2) is 4.24. The second-order valence-corrected chi connectivity index (χ2v) is 3.24. The average Bonchev–Trinajstić information content (AvgIpc) is 2.12. The van der Waals surface area contributed by atoms with Gasteiger partial charge in [0.2, 0.25) is 0 Å². The molecule has 0 unspecified atom stereocenters. The van der Waals surface area contributed by atoms with Gasteiger partial charge in [-0.25, -0.2) is 4.39 Å². The molecule has 0 aromatic heterocycles. The highest BCUT2D eigenvalue weighted by molar-refractivity contribution is 9.10. The van der Waals surface area contributed by atoms with Crippen LogP contribution in [0.1, 0.15) is 5.56 Å². The van der Waals surface area contributed by atoms with Crippen molar-refractivity contribution >= 4 is 15.9 Å². The third-order valence-corrected chi connectivity index (χ3v) is 2.22. The molecule has 1 aromatic rings. The number of rotatable bonds is 2. The first-order valence-corrected chi connectivity index (χ1v) is 4.37. The Morgan fingerprint density at radius 1 is 1.62 bits per heavy atom. The summed E-state index contributed by atoms with van der Waals surface area (Å²) in [6.07, 6.45) is 0.146. The Bertz CT molecular complexity index is 359. The van der Waals surface area contributed by atoms with Crippen molar-refractivity contribution in [3.8, 4) is 11.8 Å². The molecule has 0 fully saturated rings. The molecule has 2 nitrogen and oxygen atoms in total. The molecular formula is C9H7BrFNO. The normalized spacial score (nSPS) is 9.38. The number of nitriles is 1. The Morgan fingerprint density at radius 2 is 2.31 bits per heavy atom. The van der Waals surface area contributed by atoms with Crippen LogP contribution in [0.3, 0.4) is 0 Å². The lowest BCUT2D eigenvalue weighted by Gasteiger charge is -2.07. The molecule has 0 saturated carbocycles. The van der Waals surface area contributed by atoms with Crippen molar-refractivity contribution < 1.29 is 9.13 Å². The number of methoxy groups -OCH3 is 1. The fourth-order valence-corrected chi connectivity index (χ4v) is 1.33. The first-order valence-electron chi connectivity index (χ1n) is 3.58. The molecule has 1 aromatic carbocycles. The van der Waals surface area contributed by atoms with Gasteiger partial charge >= 0.3 is 0 Å². The lowest BCUT2D eigenvalue weighted by atomic mass is 10.1. The number of halogens is 2. The van der Waals surface area contributed by atoms with Gasteiger partial charge < -0.3 is 4.74 Å². The van der Waals surface area contributed by atoms with Crippen molar-refractivity contribution in [2.24, 2.45) is 0 Å². The summed E-state index contributed by atoms with van der Waals surface area (Å²) in [5.74, 6) is -0.328. The van der Waals surface area contributed by atoms with Crippen molar-refractivity contribution in [2.75, 3.05) is 7.11 Å². The SMILES string of the molecule is COc1c(CC#N)ccc(Br)c1F. The van der Waals surface area contributed by atoms with Crippen LogP contribution in [-0.2, 0) is 6.42 Å². The summed E-state index contributed by atoms with van der Waals surface area (Å²) in [4.78, 5) is 0. The molecule has 0 amide bonds. The van der Waals surface area contributed by atoms with E-state index in [1.165, 1.54) is 7.11 Å². The fraction of sp³-hybridized carbons (Fsp3) is 0.222. The largest absolute Gasteiger partial charge is 0.493 e. The summed E-state index contributed by atoms with van der Waals surface area (Å²) in [6.45, 7) is 0. The van der Waals surface area contributed by atoms with E-state index in [-0.39, 0.29) is 12.2 Å². The lowest BCUT2D eigenvalue weighted by Crippen LogP contribution is -1.95. The smallest absolute Gasteiger partial charge is 0.179 e. The van der Waals surface area contributed by atoms with E-state index in [9.17, 15) is 4.39 Å². The Kier molecular flexibility index (Phi) is 3.26. The van der Waals surface area contributed by atoms with Gasteiger partial charge in [-0.15, -0.1) is 0 Å². The quantitative estimate of drug-likeness (QED) is 0.801. The summed E-state index contributed by atoms with van der Waals surface area (Å²) in [5, 5.41) is 8.46. The van der Waals surface area contributed by atoms with Crippen LogP contribution in [0.2, 0.25) is 0 Å². The zero-order valence-electron chi connectivity index (χ0n) is 6.97. The molecule has 0 radical (unpaired) electrons. The molecule has 0 spiro atoms. The first-order chi connectivity index (χ1) is 6.20. The average molecular weight is 244 g/mol. The Balaban J connectivity index is 3.23. The highest BCUT2D eigenvalue weighted by Crippen LogP contribution is 2.28. The number of hydrogen-bond donors (Lipinski definition) is 0. The zero-order chi connectivity index (χ0) is 9.84. The van der Waals surface area contributed by atoms with Gasteiger partial charge in [-0.3, -0.25) is 0 Å². The van der Waals surface area contributed by atoms with Gasteiger partial charge in [0.05, 0.1) is 24.1 Å². The molecule has 0 aliphatic carbocycles. The molecule has 13 heavy (non-hydrogen) atoms. The molecule has 0 N–H and O–H groups in total. The maximum Gasteiger partial charge on any atom is 0.179 e. The van der Waals surface area contributed by atoms with Gasteiger partial charge in [-0.05, 0) is 22.0 Å². The van der Waals surface area contributed by atoms with E-state index >= 15 is 0 Å². The highest BCUT2D eigenvalue weighted by atomic mass is 79.9. The minimum Gasteiger partial charge on any atom is -0.493 e. The van der Waals surface area contributed by atoms with Gasteiger partial charge in [0.25, 0.3) is 0 Å². The van der Waals surface area contributed by atoms with E-state index in [4.69, 9.17) is 10.00 Å². The van der Waals surface area contributed by atoms with Crippen LogP contribution in [-0.4, -0.2) is 7.11 Å². The van der Waals surface area contributed by atoms with Crippen LogP contribution in [0.15, 0.2) is 16.6 Å². The molecule has 0 saturated heterocycles. The van der Waals surface area contributed by atoms with Crippen molar-refractivity contribution in [2.45, 2.75) is 6.42 Å². The molecule has 0 heterocycles. The summed E-state index contributed by atoms with van der Waals surface area (Å²) in [5.41, 5.74) is 0.561. The maximum absolute atomic E-state index is 13.3. The summed E-state index contributed by atoms with van der Waals surface area (Å²) >= 11 is 3.03. The van der Waals surface area contributed by atoms with Crippen LogP contribution in [0.4, 0.5) is 4.39 Å². The molecule has 68 valence electrons. The van der Waals surface area contributed by atoms with Gasteiger partial charge in [-0.2, -0.15) is 5.26 Å². The van der Waals surface area contributed by atoms with E-state index in [0.29, 0.717) is 10.0 Å². The van der Waals surface area contributed by atoms with E-state index in [0.717, 1.165) is 0 Å². The highest BCUT2D eigenvalue weighted by Gasteiger charge is 2.11. The number of nitrogens with zero attached hydrogens (tertiary/aromatic N) is 1. The molecule has 0 bridgehead atoms. The van der Waals surface area contributed by atoms with Crippen molar-refractivity contribution in [1.82, 2.24) is 0 Å². The molecule has 0 aliphatic rings. The predicted octanol–water partition coefficient (Wildman–Crippen LogP) is 2.66. The van der Waals surface area contributed by atoms with Gasteiger partial charge in [0.15, 0.2) is 11.6 Å². The molecular weight excluding hydrogens is 237 g/mol. The van der Waals surface area contributed by atoms with Gasteiger partial charge in [0.1, 0.15) is 0 Å². The van der Waals surface area contributed by atoms with Crippen LogP contribution in [0.25, 0.3) is 0 Å². The fourth-order valence-electron chi connectivity index (χ4n) is 1.02. The Morgan fingerprint density at radius 3 is 2.85 bits per heavy atom. The number of hydrogen-bond acceptors (Lipinski definition) is 2. The summed E-state index contributed by atoms with van der Waals surface area (Å²) in [7, 11) is 1.38. The minimum absolute atomic E-state index is 0.135. The minimum atomic E-state index is -0.463. The van der Waals surface area contributed by atoms with Crippen LogP contribution >= 0.6 is 15.9 Å². The van der Waals surface area contributed by atoms with Gasteiger partial charge in [0, 0.05) is 5.56 Å². The maximum atomic E-state index is 13.3. The molecule has 4 heteroatoms. The third-order valence-electron chi connectivity index (χ3n) is 1.61. The van der Waals surface area contributed by atoms with Crippen LogP contribution in [0.5, 0.6) is 5.75 Å². The van der Waals surface area contributed by atoms with Crippen LogP contribution < -0.4 is 4.74 Å². The lowest BCUT2D eigenvalue weighted by molar-refractivity contribution is 0.381. The predicted molar refractivity (Wildman–Crippen MR) is 50.0 cm³/mol. The van der Waals surface area contributed by atoms with E-state index in [2.05, 4.69) is 15.9 Å². The molecule has 1 rings (SSSR count). The van der Waals surface area contributed by atoms with Crippen LogP contribution in [0, 0.1) is 17.1 Å².